The predicted octanol–water partition coefficient (Wildman–Crippen LogP) is 5.40. The number of aliphatic hydroxyl groups is 1. The second-order valence-electron chi connectivity index (χ2n) is 11.6. The lowest BCUT2D eigenvalue weighted by atomic mass is 9.83. The van der Waals surface area contributed by atoms with E-state index in [1.54, 1.807) is 24.3 Å². The summed E-state index contributed by atoms with van der Waals surface area (Å²) < 4.78 is 31.1. The van der Waals surface area contributed by atoms with Crippen LogP contribution in [0.4, 0.5) is 4.39 Å². The zero-order valence-corrected chi connectivity index (χ0v) is 22.2. The average molecular weight is 544 g/mol. The number of halogens is 1. The van der Waals surface area contributed by atoms with Crippen LogP contribution in [0.2, 0.25) is 0 Å². The van der Waals surface area contributed by atoms with Crippen molar-refractivity contribution in [2.75, 3.05) is 6.61 Å². The predicted molar refractivity (Wildman–Crippen MR) is 145 cm³/mol. The van der Waals surface area contributed by atoms with E-state index >= 15 is 0 Å². The van der Waals surface area contributed by atoms with Gasteiger partial charge in [-0.3, -0.25) is 4.79 Å². The van der Waals surface area contributed by atoms with Gasteiger partial charge in [-0.2, -0.15) is 0 Å². The van der Waals surface area contributed by atoms with Crippen LogP contribution in [-0.2, 0) is 11.1 Å². The Balaban J connectivity index is 1.22. The number of fused-ring (bicyclic) bond motifs is 2. The van der Waals surface area contributed by atoms with Crippen molar-refractivity contribution in [3.8, 4) is 22.8 Å². The van der Waals surface area contributed by atoms with Crippen LogP contribution in [0.5, 0.6) is 11.5 Å². The molecular formula is C31H30FN3O5. The lowest BCUT2D eigenvalue weighted by Gasteiger charge is -2.29. The van der Waals surface area contributed by atoms with Crippen molar-refractivity contribution in [1.29, 1.82) is 0 Å². The Labute approximate surface area is 230 Å². The van der Waals surface area contributed by atoms with Crippen molar-refractivity contribution >= 4 is 16.9 Å². The molecule has 0 bridgehead atoms. The number of carbonyl (C=O) groups excluding carboxylic acids is 1. The zero-order chi connectivity index (χ0) is 27.6. The highest BCUT2D eigenvalue weighted by Gasteiger charge is 2.48. The third kappa shape index (κ3) is 4.43. The summed E-state index contributed by atoms with van der Waals surface area (Å²) in [6.07, 6.45) is 5.38. The van der Waals surface area contributed by atoms with Crippen LogP contribution in [0, 0.1) is 11.7 Å². The van der Waals surface area contributed by atoms with Crippen LogP contribution in [-0.4, -0.2) is 33.6 Å². The fourth-order valence-corrected chi connectivity index (χ4v) is 5.53. The number of oxazole rings is 1. The van der Waals surface area contributed by atoms with Crippen molar-refractivity contribution in [3.05, 3.63) is 71.5 Å². The van der Waals surface area contributed by atoms with Crippen LogP contribution in [0.25, 0.3) is 22.4 Å². The topological polar surface area (TPSA) is 121 Å². The molecular weight excluding hydrogens is 513 g/mol. The van der Waals surface area contributed by atoms with Crippen LogP contribution < -0.4 is 15.2 Å². The summed E-state index contributed by atoms with van der Waals surface area (Å²) in [7, 11) is 0. The molecule has 3 N–H and O–H groups in total. The molecule has 2 fully saturated rings. The molecule has 0 saturated heterocycles. The van der Waals surface area contributed by atoms with Gasteiger partial charge in [0.15, 0.2) is 29.0 Å². The third-order valence-electron chi connectivity index (χ3n) is 8.19. The Morgan fingerprint density at radius 1 is 1.20 bits per heavy atom. The Bertz CT molecular complexity index is 1620. The number of nitrogens with zero attached hydrogens (tertiary/aromatic N) is 2. The number of Topliss-reactive ketones (excluding diaryl/α,β-unsaturated/α-hetero) is 1. The largest absolute Gasteiger partial charge is 0.489 e. The maximum Gasteiger partial charge on any atom is 0.182 e. The molecule has 0 radical (unpaired) electrons. The van der Waals surface area contributed by atoms with Crippen LogP contribution in [0.3, 0.4) is 0 Å². The van der Waals surface area contributed by atoms with E-state index in [-0.39, 0.29) is 43.1 Å². The minimum Gasteiger partial charge on any atom is -0.489 e. The highest BCUT2D eigenvalue weighted by molar-refractivity contribution is 6.00. The fourth-order valence-electron chi connectivity index (χ4n) is 5.53. The van der Waals surface area contributed by atoms with Gasteiger partial charge >= 0.3 is 0 Å². The standard InChI is InChI=1S/C31H30FN3O5/c1-30(33)15-38-29-22(30)14-26(35-27(29)17-2-6-20(32)7-3-17)31(37,19-4-5-19)11-10-23(36)18-12-24-28(34-16-39-24)25(13-18)40-21-8-9-21/h2-3,6-7,12-14,16,19,21,37H,4-5,8-11,15,33H2,1H3/t30-,31+/m0/s1. The number of ketones is 1. The Kier molecular flexibility index (Phi) is 5.73. The van der Waals surface area contributed by atoms with Gasteiger partial charge in [-0.25, -0.2) is 14.4 Å². The number of nitrogens with two attached hydrogens (primary N) is 1. The summed E-state index contributed by atoms with van der Waals surface area (Å²) >= 11 is 0. The first kappa shape index (κ1) is 25.2. The summed E-state index contributed by atoms with van der Waals surface area (Å²) in [5.41, 5.74) is 8.34. The van der Waals surface area contributed by atoms with E-state index in [0.29, 0.717) is 45.1 Å². The molecule has 206 valence electrons. The quantitative estimate of drug-likeness (QED) is 0.269. The summed E-state index contributed by atoms with van der Waals surface area (Å²) in [5.74, 6) is 0.552. The molecule has 7 rings (SSSR count). The maximum absolute atomic E-state index is 13.7. The van der Waals surface area contributed by atoms with Gasteiger partial charge < -0.3 is 24.7 Å². The number of rotatable bonds is 9. The average Bonchev–Trinajstić information content (AvgIpc) is 3.88. The van der Waals surface area contributed by atoms with Gasteiger partial charge in [0.05, 0.1) is 17.3 Å². The number of hydrogen-bond donors (Lipinski definition) is 2. The summed E-state index contributed by atoms with van der Waals surface area (Å²) in [5, 5.41) is 12.1. The third-order valence-corrected chi connectivity index (χ3v) is 8.19. The van der Waals surface area contributed by atoms with E-state index in [9.17, 15) is 14.3 Å². The maximum atomic E-state index is 13.7. The first-order valence-electron chi connectivity index (χ1n) is 13.7. The van der Waals surface area contributed by atoms with Crippen molar-refractivity contribution in [1.82, 2.24) is 9.97 Å². The summed E-state index contributed by atoms with van der Waals surface area (Å²) in [6, 6.07) is 11.2. The van der Waals surface area contributed by atoms with Crippen molar-refractivity contribution in [2.24, 2.45) is 11.7 Å². The number of aromatic nitrogens is 2. The normalized spacial score (nSPS) is 21.6. The van der Waals surface area contributed by atoms with E-state index in [1.807, 2.05) is 13.0 Å². The number of hydrogen-bond acceptors (Lipinski definition) is 8. The molecule has 0 unspecified atom stereocenters. The molecule has 2 aromatic heterocycles. The second kappa shape index (κ2) is 9.11. The lowest BCUT2D eigenvalue weighted by molar-refractivity contribution is -0.00116. The molecule has 3 aliphatic rings. The monoisotopic (exact) mass is 543 g/mol. The molecule has 2 saturated carbocycles. The Hall–Kier alpha value is -3.82. The van der Waals surface area contributed by atoms with Crippen molar-refractivity contribution in [3.63, 3.8) is 0 Å². The molecule has 8 nitrogen and oxygen atoms in total. The van der Waals surface area contributed by atoms with E-state index in [2.05, 4.69) is 4.98 Å². The second-order valence-corrected chi connectivity index (χ2v) is 11.6. The van der Waals surface area contributed by atoms with Crippen LogP contribution >= 0.6 is 0 Å². The highest BCUT2D eigenvalue weighted by Crippen LogP contribution is 2.51. The minimum atomic E-state index is -1.35. The van der Waals surface area contributed by atoms with E-state index in [0.717, 1.165) is 31.2 Å². The van der Waals surface area contributed by atoms with Crippen molar-refractivity contribution in [2.45, 2.75) is 62.7 Å². The molecule has 2 aliphatic carbocycles. The summed E-state index contributed by atoms with van der Waals surface area (Å²) in [6.45, 7) is 2.13. The van der Waals surface area contributed by atoms with Gasteiger partial charge in [0.2, 0.25) is 0 Å². The van der Waals surface area contributed by atoms with E-state index in [4.69, 9.17) is 24.6 Å². The smallest absolute Gasteiger partial charge is 0.182 e. The van der Waals surface area contributed by atoms with Crippen molar-refractivity contribution < 1.29 is 28.2 Å². The van der Waals surface area contributed by atoms with Gasteiger partial charge in [-0.05, 0) is 87.4 Å². The first-order chi connectivity index (χ1) is 19.2. The molecule has 3 heterocycles. The molecule has 4 aromatic rings. The van der Waals surface area contributed by atoms with E-state index < -0.39 is 11.1 Å². The number of benzene rings is 2. The number of pyridine rings is 1. The molecule has 1 aliphatic heterocycles. The molecule has 0 spiro atoms. The molecule has 2 aromatic carbocycles. The molecule has 2 atom stereocenters. The highest BCUT2D eigenvalue weighted by atomic mass is 19.1. The van der Waals surface area contributed by atoms with Crippen LogP contribution in [0.15, 0.2) is 53.3 Å². The van der Waals surface area contributed by atoms with E-state index in [1.165, 1.54) is 18.5 Å². The molecule has 40 heavy (non-hydrogen) atoms. The molecule has 9 heteroatoms. The fraction of sp³-hybridized carbons (Fsp3) is 0.387. The zero-order valence-electron chi connectivity index (χ0n) is 22.2. The number of carbonyl (C=O) groups is 1. The lowest BCUT2D eigenvalue weighted by Crippen LogP contribution is -2.35. The number of ether oxygens (including phenoxy) is 2. The summed E-state index contributed by atoms with van der Waals surface area (Å²) in [4.78, 5) is 22.6. The first-order valence-corrected chi connectivity index (χ1v) is 13.7. The molecule has 0 amide bonds. The van der Waals surface area contributed by atoms with Gasteiger partial charge in [-0.1, -0.05) is 0 Å². The SMILES string of the molecule is C[C@]1(N)COc2c1cc([C@@](O)(CCC(=O)c1cc(OC3CC3)c3ncoc3c1)C1CC1)nc2-c1ccc(F)cc1. The van der Waals surface area contributed by atoms with Gasteiger partial charge in [0.1, 0.15) is 29.5 Å². The van der Waals surface area contributed by atoms with Gasteiger partial charge in [0, 0.05) is 23.1 Å². The Morgan fingerprint density at radius 2 is 1.98 bits per heavy atom. The Morgan fingerprint density at radius 3 is 2.70 bits per heavy atom. The van der Waals surface area contributed by atoms with Gasteiger partial charge in [0.25, 0.3) is 0 Å². The van der Waals surface area contributed by atoms with Gasteiger partial charge in [-0.15, -0.1) is 0 Å². The minimum absolute atomic E-state index is 0.0382. The van der Waals surface area contributed by atoms with Crippen LogP contribution in [0.1, 0.15) is 67.1 Å².